The molecule has 10 heavy (non-hydrogen) atoms. The minimum Gasteiger partial charge on any atom is -0.387 e. The van der Waals surface area contributed by atoms with Gasteiger partial charge in [-0.25, -0.2) is 8.78 Å². The van der Waals surface area contributed by atoms with Crippen molar-refractivity contribution in [3.8, 4) is 0 Å². The van der Waals surface area contributed by atoms with Crippen LogP contribution in [0.3, 0.4) is 0 Å². The van der Waals surface area contributed by atoms with E-state index in [1.54, 1.807) is 0 Å². The van der Waals surface area contributed by atoms with Gasteiger partial charge in [0.2, 0.25) is 0 Å². The summed E-state index contributed by atoms with van der Waals surface area (Å²) >= 11 is 0. The second kappa shape index (κ2) is 2.43. The van der Waals surface area contributed by atoms with E-state index in [2.05, 4.69) is 0 Å². The number of hydrogen-bond donors (Lipinski definition) is 1. The molecule has 1 saturated heterocycles. The molecule has 0 aromatic carbocycles. The second-order valence-electron chi connectivity index (χ2n) is 2.49. The average Bonchev–Trinajstić information content (AvgIpc) is 1.92. The highest BCUT2D eigenvalue weighted by atomic mass is 19.3. The minimum atomic E-state index is -3.31. The monoisotopic (exact) mass is 154 g/mol. The summed E-state index contributed by atoms with van der Waals surface area (Å²) in [7, 11) is 0. The first-order chi connectivity index (χ1) is 5.73. The third kappa shape index (κ3) is 1.44. The number of nitrogens with zero attached hydrogens (tertiary/aromatic N) is 1. The predicted molar refractivity (Wildman–Crippen MR) is 33.1 cm³/mol. The van der Waals surface area contributed by atoms with Crippen molar-refractivity contribution >= 4 is 0 Å². The number of alkyl halides is 2. The van der Waals surface area contributed by atoms with Crippen LogP contribution in [0.1, 0.15) is 10.5 Å². The Bertz CT molecular complexity index is 197. The first-order valence-electron chi connectivity index (χ1n) is 4.54. The molecule has 2 nitrogen and oxygen atoms in total. The molecule has 60 valence electrons. The average molecular weight is 154 g/mol. The maximum Gasteiger partial charge on any atom is 0.285 e. The Morgan fingerprint density at radius 3 is 3.00 bits per heavy atom. The fourth-order valence-corrected chi connectivity index (χ4v) is 0.928. The molecule has 0 aromatic rings. The van der Waals surface area contributed by atoms with Crippen molar-refractivity contribution < 1.29 is 18.0 Å². The summed E-state index contributed by atoms with van der Waals surface area (Å²) in [4.78, 5) is 0.708. The molecule has 1 rings (SSSR count). The Labute approximate surface area is 62.7 Å². The number of rotatable bonds is 0. The summed E-state index contributed by atoms with van der Waals surface area (Å²) in [6, 6.07) is 0. The van der Waals surface area contributed by atoms with Gasteiger partial charge in [-0.1, -0.05) is 0 Å². The highest BCUT2D eigenvalue weighted by molar-refractivity contribution is 4.84. The number of aliphatic hydroxyl groups excluding tert-OH is 1. The molecule has 1 fully saturated rings. The summed E-state index contributed by atoms with van der Waals surface area (Å²) in [5.41, 5.74) is 0. The van der Waals surface area contributed by atoms with E-state index < -0.39 is 25.5 Å². The van der Waals surface area contributed by atoms with Gasteiger partial charge in [0.1, 0.15) is 6.10 Å². The van der Waals surface area contributed by atoms with E-state index in [1.807, 2.05) is 0 Å². The zero-order chi connectivity index (χ0) is 10.3. The van der Waals surface area contributed by atoms with Crippen LogP contribution in [0.15, 0.2) is 0 Å². The molecular weight excluding hydrogens is 140 g/mol. The van der Waals surface area contributed by atoms with E-state index in [4.69, 9.17) is 9.22 Å². The van der Waals surface area contributed by atoms with Crippen molar-refractivity contribution in [1.29, 1.82) is 0 Å². The van der Waals surface area contributed by atoms with Crippen molar-refractivity contribution in [1.82, 2.24) is 4.90 Å². The van der Waals surface area contributed by atoms with E-state index in [9.17, 15) is 8.78 Å². The summed E-state index contributed by atoms with van der Waals surface area (Å²) in [5.74, 6) is -3.31. The smallest absolute Gasteiger partial charge is 0.285 e. The van der Waals surface area contributed by atoms with Crippen LogP contribution in [0.4, 0.5) is 8.78 Å². The van der Waals surface area contributed by atoms with Gasteiger partial charge in [0.25, 0.3) is 5.92 Å². The van der Waals surface area contributed by atoms with E-state index in [0.717, 1.165) is 0 Å². The van der Waals surface area contributed by atoms with Crippen molar-refractivity contribution in [2.75, 3.05) is 20.1 Å². The molecule has 0 amide bonds. The molecule has 1 heterocycles. The first-order valence-corrected chi connectivity index (χ1v) is 3.04. The van der Waals surface area contributed by atoms with E-state index in [-0.39, 0.29) is 13.0 Å². The Morgan fingerprint density at radius 2 is 2.50 bits per heavy atom. The van der Waals surface area contributed by atoms with Crippen LogP contribution < -0.4 is 0 Å². The minimum absolute atomic E-state index is 0.0206. The maximum absolute atomic E-state index is 12.8. The fourth-order valence-electron chi connectivity index (χ4n) is 0.928. The van der Waals surface area contributed by atoms with Crippen molar-refractivity contribution in [3.05, 3.63) is 0 Å². The molecule has 1 aliphatic heterocycles. The lowest BCUT2D eigenvalue weighted by atomic mass is 10.1. The molecule has 0 spiro atoms. The third-order valence-electron chi connectivity index (χ3n) is 1.56. The zero-order valence-corrected chi connectivity index (χ0v) is 5.35. The standard InChI is InChI=1S/C6H11F2NO/c1-9-3-2-5(10)6(7,8)4-9/h5,10H,2-4H2,1H3/i1D3. The fraction of sp³-hybridized carbons (Fsp3) is 1.00. The first kappa shape index (κ1) is 4.62. The van der Waals surface area contributed by atoms with Crippen molar-refractivity contribution in [3.63, 3.8) is 0 Å². The zero-order valence-electron chi connectivity index (χ0n) is 8.35. The quantitative estimate of drug-likeness (QED) is 0.543. The molecule has 1 aliphatic rings. The lowest BCUT2D eigenvalue weighted by Gasteiger charge is -2.33. The molecule has 1 N–H and O–H groups in total. The van der Waals surface area contributed by atoms with Crippen LogP contribution in [0.25, 0.3) is 0 Å². The summed E-state index contributed by atoms with van der Waals surface area (Å²) < 4.78 is 46.4. The largest absolute Gasteiger partial charge is 0.387 e. The summed E-state index contributed by atoms with van der Waals surface area (Å²) in [5, 5.41) is 8.86. The van der Waals surface area contributed by atoms with E-state index in [0.29, 0.717) is 4.90 Å². The van der Waals surface area contributed by atoms with Gasteiger partial charge in [0, 0.05) is 10.7 Å². The number of halogens is 2. The van der Waals surface area contributed by atoms with Gasteiger partial charge in [0.15, 0.2) is 0 Å². The van der Waals surface area contributed by atoms with Crippen LogP contribution in [-0.4, -0.2) is 42.1 Å². The third-order valence-corrected chi connectivity index (χ3v) is 1.56. The number of hydrogen-bond acceptors (Lipinski definition) is 2. The Hall–Kier alpha value is -0.220. The molecule has 0 saturated carbocycles. The van der Waals surface area contributed by atoms with Gasteiger partial charge >= 0.3 is 0 Å². The van der Waals surface area contributed by atoms with Crippen LogP contribution in [-0.2, 0) is 0 Å². The normalized spacial score (nSPS) is 39.9. The number of piperidine rings is 1. The van der Waals surface area contributed by atoms with Crippen LogP contribution in [0, 0.1) is 0 Å². The molecule has 1 atom stereocenters. The molecule has 0 radical (unpaired) electrons. The SMILES string of the molecule is [2H]C([2H])([2H])N1CCC(O)C(F)(F)C1. The highest BCUT2D eigenvalue weighted by Crippen LogP contribution is 2.25. The number of likely N-dealkylation sites (tertiary alicyclic amines) is 1. The van der Waals surface area contributed by atoms with Crippen molar-refractivity contribution in [2.24, 2.45) is 0 Å². The van der Waals surface area contributed by atoms with Crippen LogP contribution in [0.5, 0.6) is 0 Å². The van der Waals surface area contributed by atoms with E-state index >= 15 is 0 Å². The summed E-state index contributed by atoms with van der Waals surface area (Å²) in [6.45, 7) is -3.42. The summed E-state index contributed by atoms with van der Waals surface area (Å²) in [6.07, 6.45) is -1.92. The topological polar surface area (TPSA) is 23.5 Å². The number of aliphatic hydroxyl groups is 1. The Balaban J connectivity index is 2.66. The van der Waals surface area contributed by atoms with Gasteiger partial charge in [-0.15, -0.1) is 0 Å². The Kier molecular flexibility index (Phi) is 1.12. The molecule has 4 heteroatoms. The van der Waals surface area contributed by atoms with Gasteiger partial charge in [-0.05, 0) is 13.4 Å². The lowest BCUT2D eigenvalue weighted by molar-refractivity contribution is -0.145. The van der Waals surface area contributed by atoms with Gasteiger partial charge in [0.05, 0.1) is 6.54 Å². The molecular formula is C6H11F2NO. The second-order valence-corrected chi connectivity index (χ2v) is 2.49. The van der Waals surface area contributed by atoms with Gasteiger partial charge < -0.3 is 10.0 Å². The van der Waals surface area contributed by atoms with Gasteiger partial charge in [-0.3, -0.25) is 0 Å². The Morgan fingerprint density at radius 1 is 1.80 bits per heavy atom. The van der Waals surface area contributed by atoms with Crippen molar-refractivity contribution in [2.45, 2.75) is 18.4 Å². The highest BCUT2D eigenvalue weighted by Gasteiger charge is 2.42. The molecule has 0 aliphatic carbocycles. The van der Waals surface area contributed by atoms with Crippen LogP contribution in [0.2, 0.25) is 0 Å². The van der Waals surface area contributed by atoms with E-state index in [1.165, 1.54) is 0 Å². The van der Waals surface area contributed by atoms with Crippen LogP contribution >= 0.6 is 0 Å². The lowest BCUT2D eigenvalue weighted by Crippen LogP contribution is -2.49. The maximum atomic E-state index is 12.8. The molecule has 1 unspecified atom stereocenters. The molecule has 0 bridgehead atoms. The predicted octanol–water partition coefficient (Wildman–Crippen LogP) is 0.318. The molecule has 0 aromatic heterocycles. The van der Waals surface area contributed by atoms with Gasteiger partial charge in [-0.2, -0.15) is 0 Å².